The van der Waals surface area contributed by atoms with Crippen molar-refractivity contribution in [3.05, 3.63) is 40.5 Å². The molecule has 1 aliphatic carbocycles. The van der Waals surface area contributed by atoms with Crippen molar-refractivity contribution in [3.8, 4) is 10.4 Å². The molecule has 1 aromatic heterocycles. The Hall–Kier alpha value is -1.72. The first-order valence-electron chi connectivity index (χ1n) is 8.70. The molecular weight excluding hydrogens is 318 g/mol. The van der Waals surface area contributed by atoms with Crippen molar-refractivity contribution in [1.82, 2.24) is 9.88 Å². The van der Waals surface area contributed by atoms with E-state index in [0.29, 0.717) is 24.1 Å². The molecule has 0 unspecified atom stereocenters. The van der Waals surface area contributed by atoms with Gasteiger partial charge in [0.15, 0.2) is 0 Å². The number of piperidine rings is 1. The normalized spacial score (nSPS) is 25.0. The third-order valence-electron chi connectivity index (χ3n) is 5.26. The van der Waals surface area contributed by atoms with Gasteiger partial charge < -0.3 is 10.6 Å². The minimum absolute atomic E-state index is 0.0603. The van der Waals surface area contributed by atoms with E-state index in [2.05, 4.69) is 37.0 Å². The Morgan fingerprint density at radius 3 is 3.00 bits per heavy atom. The smallest absolute Gasteiger partial charge is 0.274 e. The molecule has 2 heterocycles. The minimum atomic E-state index is 0.0603. The highest BCUT2D eigenvalue weighted by atomic mass is 32.1. The molecule has 3 atom stereocenters. The maximum Gasteiger partial charge on any atom is 0.274 e. The zero-order valence-corrected chi connectivity index (χ0v) is 15.0. The van der Waals surface area contributed by atoms with Gasteiger partial charge in [-0.15, -0.1) is 11.3 Å². The molecule has 24 heavy (non-hydrogen) atoms. The molecule has 0 bridgehead atoms. The molecule has 2 aromatic rings. The number of hydrogen-bond acceptors (Lipinski definition) is 4. The fraction of sp³-hybridized carbons (Fsp3) is 0.474. The number of nitrogens with two attached hydrogens (primary N) is 1. The van der Waals surface area contributed by atoms with Crippen LogP contribution in [0.1, 0.15) is 34.4 Å². The number of fused-ring (bicyclic) bond motifs is 1. The molecule has 1 aliphatic heterocycles. The monoisotopic (exact) mass is 341 g/mol. The number of thiazole rings is 1. The summed E-state index contributed by atoms with van der Waals surface area (Å²) in [6, 6.07) is 8.51. The molecule has 126 valence electrons. The van der Waals surface area contributed by atoms with Crippen LogP contribution in [-0.4, -0.2) is 34.9 Å². The van der Waals surface area contributed by atoms with Gasteiger partial charge in [0.05, 0.1) is 9.88 Å². The fourth-order valence-corrected chi connectivity index (χ4v) is 4.88. The second kappa shape index (κ2) is 5.97. The van der Waals surface area contributed by atoms with Crippen molar-refractivity contribution in [3.63, 3.8) is 0 Å². The number of likely N-dealkylation sites (tertiary alicyclic amines) is 1. The third kappa shape index (κ3) is 2.56. The Morgan fingerprint density at radius 1 is 1.46 bits per heavy atom. The van der Waals surface area contributed by atoms with E-state index in [1.807, 2.05) is 11.0 Å². The number of aromatic nitrogens is 1. The predicted molar refractivity (Wildman–Crippen MR) is 97.1 cm³/mol. The van der Waals surface area contributed by atoms with Crippen LogP contribution >= 0.6 is 11.3 Å². The Morgan fingerprint density at radius 2 is 2.29 bits per heavy atom. The van der Waals surface area contributed by atoms with Crippen molar-refractivity contribution in [2.45, 2.75) is 32.7 Å². The lowest BCUT2D eigenvalue weighted by Crippen LogP contribution is -2.43. The quantitative estimate of drug-likeness (QED) is 0.929. The lowest BCUT2D eigenvalue weighted by atomic mass is 10.1. The SMILES string of the molecule is CCc1nc(C(=O)N2C[C@H]3C[C@H]3[C@H]2CN)c(-c2cccc(C)c2)s1. The first-order chi connectivity index (χ1) is 11.6. The molecular formula is C19H23N3OS. The second-order valence-corrected chi connectivity index (χ2v) is 8.01. The fourth-order valence-electron chi connectivity index (χ4n) is 3.89. The highest BCUT2D eigenvalue weighted by Crippen LogP contribution is 2.49. The van der Waals surface area contributed by atoms with Crippen LogP contribution in [0.4, 0.5) is 0 Å². The lowest BCUT2D eigenvalue weighted by molar-refractivity contribution is 0.0707. The molecule has 1 aromatic carbocycles. The van der Waals surface area contributed by atoms with E-state index in [4.69, 9.17) is 5.73 Å². The van der Waals surface area contributed by atoms with Crippen LogP contribution in [0, 0.1) is 18.8 Å². The zero-order chi connectivity index (χ0) is 16.8. The van der Waals surface area contributed by atoms with Gasteiger partial charge in [0, 0.05) is 19.1 Å². The summed E-state index contributed by atoms with van der Waals surface area (Å²) in [5.41, 5.74) is 8.84. The molecule has 4 nitrogen and oxygen atoms in total. The van der Waals surface area contributed by atoms with Crippen molar-refractivity contribution < 1.29 is 4.79 Å². The van der Waals surface area contributed by atoms with Crippen molar-refractivity contribution in [1.29, 1.82) is 0 Å². The minimum Gasteiger partial charge on any atom is -0.332 e. The van der Waals surface area contributed by atoms with Crippen LogP contribution in [-0.2, 0) is 6.42 Å². The average Bonchev–Trinajstić information content (AvgIpc) is 3.08. The largest absolute Gasteiger partial charge is 0.332 e. The van der Waals surface area contributed by atoms with Crippen molar-refractivity contribution >= 4 is 17.2 Å². The maximum atomic E-state index is 13.2. The van der Waals surface area contributed by atoms with E-state index in [1.165, 1.54) is 12.0 Å². The van der Waals surface area contributed by atoms with E-state index in [-0.39, 0.29) is 11.9 Å². The Bertz CT molecular complexity index is 785. The van der Waals surface area contributed by atoms with Gasteiger partial charge in [-0.25, -0.2) is 4.98 Å². The first-order valence-corrected chi connectivity index (χ1v) is 9.51. The van der Waals surface area contributed by atoms with Gasteiger partial charge in [-0.1, -0.05) is 36.8 Å². The van der Waals surface area contributed by atoms with Crippen LogP contribution < -0.4 is 5.73 Å². The summed E-state index contributed by atoms with van der Waals surface area (Å²) in [7, 11) is 0. The molecule has 2 aliphatic rings. The van der Waals surface area contributed by atoms with Crippen LogP contribution in [0.2, 0.25) is 0 Å². The van der Waals surface area contributed by atoms with Gasteiger partial charge in [0.2, 0.25) is 0 Å². The van der Waals surface area contributed by atoms with Crippen LogP contribution in [0.25, 0.3) is 10.4 Å². The summed E-state index contributed by atoms with van der Waals surface area (Å²) in [6.07, 6.45) is 2.08. The summed E-state index contributed by atoms with van der Waals surface area (Å²) < 4.78 is 0. The summed E-state index contributed by atoms with van der Waals surface area (Å²) >= 11 is 1.64. The van der Waals surface area contributed by atoms with E-state index in [9.17, 15) is 4.79 Å². The highest BCUT2D eigenvalue weighted by molar-refractivity contribution is 7.15. The molecule has 2 fully saturated rings. The number of hydrogen-bond donors (Lipinski definition) is 1. The highest BCUT2D eigenvalue weighted by Gasteiger charge is 2.53. The second-order valence-electron chi connectivity index (χ2n) is 6.93. The summed E-state index contributed by atoms with van der Waals surface area (Å²) in [5.74, 6) is 1.34. The molecule has 2 N–H and O–H groups in total. The Balaban J connectivity index is 1.72. The molecule has 1 saturated heterocycles. The van der Waals surface area contributed by atoms with Gasteiger partial charge in [-0.05, 0) is 37.2 Å². The Labute approximate surface area is 146 Å². The van der Waals surface area contributed by atoms with Gasteiger partial charge in [-0.3, -0.25) is 4.79 Å². The van der Waals surface area contributed by atoms with E-state index < -0.39 is 0 Å². The van der Waals surface area contributed by atoms with Gasteiger partial charge in [0.1, 0.15) is 5.69 Å². The topological polar surface area (TPSA) is 59.2 Å². The number of nitrogens with zero attached hydrogens (tertiary/aromatic N) is 2. The summed E-state index contributed by atoms with van der Waals surface area (Å²) in [4.78, 5) is 20.9. The molecule has 1 saturated carbocycles. The van der Waals surface area contributed by atoms with E-state index in [1.54, 1.807) is 11.3 Å². The van der Waals surface area contributed by atoms with Crippen LogP contribution in [0.3, 0.4) is 0 Å². The van der Waals surface area contributed by atoms with Crippen molar-refractivity contribution in [2.75, 3.05) is 13.1 Å². The summed E-state index contributed by atoms with van der Waals surface area (Å²) in [5, 5.41) is 1.02. The third-order valence-corrected chi connectivity index (χ3v) is 6.51. The van der Waals surface area contributed by atoms with Crippen LogP contribution in [0.15, 0.2) is 24.3 Å². The van der Waals surface area contributed by atoms with Crippen molar-refractivity contribution in [2.24, 2.45) is 17.6 Å². The average molecular weight is 341 g/mol. The van der Waals surface area contributed by atoms with Gasteiger partial charge in [-0.2, -0.15) is 0 Å². The zero-order valence-electron chi connectivity index (χ0n) is 14.2. The van der Waals surface area contributed by atoms with E-state index >= 15 is 0 Å². The lowest BCUT2D eigenvalue weighted by Gasteiger charge is -2.26. The number of rotatable bonds is 4. The summed E-state index contributed by atoms with van der Waals surface area (Å²) in [6.45, 7) is 5.56. The number of carbonyl (C=O) groups excluding carboxylic acids is 1. The Kier molecular flexibility index (Phi) is 3.93. The molecule has 0 radical (unpaired) electrons. The molecule has 4 rings (SSSR count). The maximum absolute atomic E-state index is 13.2. The number of amides is 1. The van der Waals surface area contributed by atoms with Crippen LogP contribution in [0.5, 0.6) is 0 Å². The standard InChI is InChI=1S/C19H23N3OS/c1-3-16-21-17(18(24-16)12-6-4-5-11(2)7-12)19(23)22-10-13-8-14(13)15(22)9-20/h4-7,13-15H,3,8-10,20H2,1-2H3/t13-,14-,15-/m1/s1. The molecule has 1 amide bonds. The predicted octanol–water partition coefficient (Wildman–Crippen LogP) is 3.10. The molecule has 0 spiro atoms. The first kappa shape index (κ1) is 15.8. The van der Waals surface area contributed by atoms with Gasteiger partial charge >= 0.3 is 0 Å². The van der Waals surface area contributed by atoms with Gasteiger partial charge in [0.25, 0.3) is 5.91 Å². The molecule has 5 heteroatoms. The number of aryl methyl sites for hydroxylation is 2. The number of carbonyl (C=O) groups is 1. The van der Waals surface area contributed by atoms with E-state index in [0.717, 1.165) is 28.4 Å². The number of benzene rings is 1.